The van der Waals surface area contributed by atoms with E-state index >= 15 is 0 Å². The van der Waals surface area contributed by atoms with Crippen molar-refractivity contribution in [3.8, 4) is 0 Å². The Hall–Kier alpha value is -1.04. The molecule has 1 unspecified atom stereocenters. The van der Waals surface area contributed by atoms with Crippen molar-refractivity contribution < 1.29 is 13.5 Å². The second kappa shape index (κ2) is 5.94. The average molecular weight is 270 g/mol. The Labute approximate surface area is 112 Å². The summed E-state index contributed by atoms with van der Waals surface area (Å²) in [4.78, 5) is 1.63. The van der Waals surface area contributed by atoms with Crippen LogP contribution in [0.15, 0.2) is 24.3 Å². The topological polar surface area (TPSA) is 38.5 Å². The van der Waals surface area contributed by atoms with Gasteiger partial charge in [-0.3, -0.25) is 0 Å². The highest BCUT2D eigenvalue weighted by molar-refractivity contribution is 5.21. The Balaban J connectivity index is 1.90. The van der Waals surface area contributed by atoms with Crippen LogP contribution in [-0.2, 0) is 17.9 Å². The summed E-state index contributed by atoms with van der Waals surface area (Å²) in [7, 11) is 1.70. The van der Waals surface area contributed by atoms with Gasteiger partial charge in [-0.05, 0) is 24.6 Å². The number of alkyl halides is 2. The van der Waals surface area contributed by atoms with Gasteiger partial charge in [-0.25, -0.2) is 8.78 Å². The van der Waals surface area contributed by atoms with Crippen LogP contribution >= 0.6 is 0 Å². The number of nitrogens with zero attached hydrogens (tertiary/aromatic N) is 1. The highest BCUT2D eigenvalue weighted by Gasteiger charge is 2.44. The molecular weight excluding hydrogens is 250 g/mol. The van der Waals surface area contributed by atoms with Gasteiger partial charge >= 0.3 is 0 Å². The highest BCUT2D eigenvalue weighted by atomic mass is 19.3. The molecule has 0 spiro atoms. The number of nitrogens with two attached hydrogens (primary N) is 1. The zero-order valence-electron chi connectivity index (χ0n) is 11.1. The van der Waals surface area contributed by atoms with E-state index in [1.54, 1.807) is 11.9 Å². The van der Waals surface area contributed by atoms with Gasteiger partial charge in [-0.15, -0.1) is 0 Å². The summed E-state index contributed by atoms with van der Waals surface area (Å²) in [5.41, 5.74) is 7.42. The largest absolute Gasteiger partial charge is 0.367 e. The maximum atomic E-state index is 13.8. The molecule has 5 heteroatoms. The molecule has 0 amide bonds. The van der Waals surface area contributed by atoms with Crippen molar-refractivity contribution in [3.05, 3.63) is 35.4 Å². The molecule has 106 valence electrons. The van der Waals surface area contributed by atoms with E-state index in [2.05, 4.69) is 0 Å². The van der Waals surface area contributed by atoms with E-state index in [0.29, 0.717) is 19.5 Å². The quantitative estimate of drug-likeness (QED) is 0.909. The van der Waals surface area contributed by atoms with Crippen molar-refractivity contribution in [3.63, 3.8) is 0 Å². The van der Waals surface area contributed by atoms with Crippen LogP contribution in [0.1, 0.15) is 17.5 Å². The molecule has 3 nitrogen and oxygen atoms in total. The van der Waals surface area contributed by atoms with Gasteiger partial charge in [-0.1, -0.05) is 24.3 Å². The predicted octanol–water partition coefficient (Wildman–Crippen LogP) is 2.00. The minimum atomic E-state index is -2.77. The Kier molecular flexibility index (Phi) is 4.50. The van der Waals surface area contributed by atoms with Gasteiger partial charge in [0.25, 0.3) is 5.92 Å². The highest BCUT2D eigenvalue weighted by Crippen LogP contribution is 2.29. The molecule has 1 saturated heterocycles. The normalized spacial score (nSPS) is 23.5. The minimum Gasteiger partial charge on any atom is -0.367 e. The summed E-state index contributed by atoms with van der Waals surface area (Å²) < 4.78 is 32.9. The van der Waals surface area contributed by atoms with E-state index in [4.69, 9.17) is 10.5 Å². The molecule has 0 saturated carbocycles. The van der Waals surface area contributed by atoms with Gasteiger partial charge in [0.05, 0.1) is 13.2 Å². The van der Waals surface area contributed by atoms with E-state index in [9.17, 15) is 8.78 Å². The first-order valence-electron chi connectivity index (χ1n) is 6.47. The molecule has 1 aromatic rings. The third kappa shape index (κ3) is 3.72. The first kappa shape index (κ1) is 14.4. The Morgan fingerprint density at radius 1 is 1.32 bits per heavy atom. The van der Waals surface area contributed by atoms with Gasteiger partial charge in [0.15, 0.2) is 0 Å². The van der Waals surface area contributed by atoms with E-state index in [1.165, 1.54) is 0 Å². The standard InChI is InChI=1S/C14H20F2N2O/c1-18-7-6-13(14(15,16)10-18)19-9-12-4-2-11(8-17)3-5-12/h2-5,13H,6-10,17H2,1H3. The molecule has 0 aliphatic carbocycles. The summed E-state index contributed by atoms with van der Waals surface area (Å²) in [6.45, 7) is 1.11. The summed E-state index contributed by atoms with van der Waals surface area (Å²) in [5, 5.41) is 0. The minimum absolute atomic E-state index is 0.217. The molecule has 1 aliphatic heterocycles. The Morgan fingerprint density at radius 2 is 1.95 bits per heavy atom. The van der Waals surface area contributed by atoms with Crippen LogP contribution in [0, 0.1) is 0 Å². The number of likely N-dealkylation sites (tertiary alicyclic amines) is 1. The molecule has 0 aromatic heterocycles. The zero-order valence-corrected chi connectivity index (χ0v) is 11.1. The zero-order chi connectivity index (χ0) is 13.9. The van der Waals surface area contributed by atoms with Crippen molar-refractivity contribution in [2.75, 3.05) is 20.1 Å². The Morgan fingerprint density at radius 3 is 2.53 bits per heavy atom. The summed E-state index contributed by atoms with van der Waals surface area (Å²) in [6.07, 6.45) is -0.623. The molecule has 2 N–H and O–H groups in total. The molecule has 19 heavy (non-hydrogen) atoms. The number of halogens is 2. The lowest BCUT2D eigenvalue weighted by molar-refractivity contribution is -0.174. The van der Waals surface area contributed by atoms with Crippen LogP contribution in [0.5, 0.6) is 0 Å². The van der Waals surface area contributed by atoms with Crippen LogP contribution in [0.2, 0.25) is 0 Å². The van der Waals surface area contributed by atoms with Gasteiger partial charge in [0, 0.05) is 13.1 Å². The van der Waals surface area contributed by atoms with Gasteiger partial charge in [0.2, 0.25) is 0 Å². The lowest BCUT2D eigenvalue weighted by atomic mass is 10.0. The summed E-state index contributed by atoms with van der Waals surface area (Å²) in [5.74, 6) is -2.77. The molecule has 1 fully saturated rings. The smallest absolute Gasteiger partial charge is 0.286 e. The van der Waals surface area contributed by atoms with Crippen LogP contribution < -0.4 is 5.73 Å². The van der Waals surface area contributed by atoms with Crippen molar-refractivity contribution in [1.82, 2.24) is 4.90 Å². The fourth-order valence-electron chi connectivity index (χ4n) is 2.26. The number of benzene rings is 1. The van der Waals surface area contributed by atoms with Crippen molar-refractivity contribution in [2.24, 2.45) is 5.73 Å². The monoisotopic (exact) mass is 270 g/mol. The van der Waals surface area contributed by atoms with E-state index in [-0.39, 0.29) is 13.2 Å². The second-order valence-electron chi connectivity index (χ2n) is 5.11. The van der Waals surface area contributed by atoms with Crippen molar-refractivity contribution >= 4 is 0 Å². The van der Waals surface area contributed by atoms with Gasteiger partial charge in [-0.2, -0.15) is 0 Å². The maximum absolute atomic E-state index is 13.8. The fraction of sp³-hybridized carbons (Fsp3) is 0.571. The third-order valence-corrected chi connectivity index (χ3v) is 3.43. The fourth-order valence-corrected chi connectivity index (χ4v) is 2.26. The van der Waals surface area contributed by atoms with Crippen LogP contribution in [0.4, 0.5) is 8.78 Å². The number of piperidine rings is 1. The van der Waals surface area contributed by atoms with Gasteiger partial charge < -0.3 is 15.4 Å². The van der Waals surface area contributed by atoms with Gasteiger partial charge in [0.1, 0.15) is 6.10 Å². The van der Waals surface area contributed by atoms with Crippen molar-refractivity contribution in [1.29, 1.82) is 0 Å². The molecule has 1 aliphatic rings. The third-order valence-electron chi connectivity index (χ3n) is 3.43. The molecular formula is C14H20F2N2O. The number of hydrogen-bond donors (Lipinski definition) is 1. The van der Waals surface area contributed by atoms with Crippen LogP contribution in [0.3, 0.4) is 0 Å². The molecule has 1 aromatic carbocycles. The van der Waals surface area contributed by atoms with E-state index in [0.717, 1.165) is 11.1 Å². The van der Waals surface area contributed by atoms with Crippen molar-refractivity contribution in [2.45, 2.75) is 31.6 Å². The predicted molar refractivity (Wildman–Crippen MR) is 70.0 cm³/mol. The maximum Gasteiger partial charge on any atom is 0.286 e. The molecule has 2 rings (SSSR count). The molecule has 0 radical (unpaired) electrons. The summed E-state index contributed by atoms with van der Waals surface area (Å²) >= 11 is 0. The van der Waals surface area contributed by atoms with Crippen LogP contribution in [-0.4, -0.2) is 37.1 Å². The second-order valence-corrected chi connectivity index (χ2v) is 5.11. The Bertz CT molecular complexity index is 408. The summed E-state index contributed by atoms with van der Waals surface area (Å²) in [6, 6.07) is 7.53. The number of rotatable bonds is 4. The van der Waals surface area contributed by atoms with E-state index < -0.39 is 12.0 Å². The van der Waals surface area contributed by atoms with E-state index in [1.807, 2.05) is 24.3 Å². The lowest BCUT2D eigenvalue weighted by Crippen LogP contribution is -2.51. The first-order valence-corrected chi connectivity index (χ1v) is 6.47. The van der Waals surface area contributed by atoms with Crippen LogP contribution in [0.25, 0.3) is 0 Å². The lowest BCUT2D eigenvalue weighted by Gasteiger charge is -2.36. The number of hydrogen-bond acceptors (Lipinski definition) is 3. The molecule has 1 atom stereocenters. The number of ether oxygens (including phenoxy) is 1. The first-order chi connectivity index (χ1) is 9.01. The molecule has 1 heterocycles. The average Bonchev–Trinajstić information content (AvgIpc) is 2.37. The molecule has 0 bridgehead atoms. The SMILES string of the molecule is CN1CCC(OCc2ccc(CN)cc2)C(F)(F)C1.